The van der Waals surface area contributed by atoms with Crippen LogP contribution in [0.3, 0.4) is 0 Å². The molecular weight excluding hydrogens is 216 g/mol. The van der Waals surface area contributed by atoms with Gasteiger partial charge in [0.2, 0.25) is 0 Å². The third-order valence-electron chi connectivity index (χ3n) is 4.65. The molecule has 2 nitrogen and oxygen atoms in total. The largest absolute Gasteiger partial charge is 0.329 e. The summed E-state index contributed by atoms with van der Waals surface area (Å²) in [5.74, 6) is 2.24. The molecule has 0 amide bonds. The fraction of sp³-hybridized carbons (Fsp3) is 1.00. The fourth-order valence-electron chi connectivity index (χ4n) is 3.26. The predicted octanol–water partition coefficient (Wildman–Crippen LogP) is 2.33. The van der Waals surface area contributed by atoms with Crippen molar-refractivity contribution in [2.24, 2.45) is 11.7 Å². The number of piperidine rings is 1. The molecule has 0 spiro atoms. The standard InChI is InChI=1S/C13H26N2S/c1-11-4-7-15(8-5-11)13(10-14)6-3-9-16-12(13)2/h11-12H,3-10,14H2,1-2H3. The van der Waals surface area contributed by atoms with E-state index in [1.807, 2.05) is 0 Å². The van der Waals surface area contributed by atoms with Gasteiger partial charge in [-0.15, -0.1) is 0 Å². The minimum absolute atomic E-state index is 0.309. The van der Waals surface area contributed by atoms with E-state index in [4.69, 9.17) is 5.73 Å². The zero-order valence-electron chi connectivity index (χ0n) is 10.7. The van der Waals surface area contributed by atoms with Crippen LogP contribution in [0, 0.1) is 5.92 Å². The van der Waals surface area contributed by atoms with E-state index in [0.717, 1.165) is 12.5 Å². The van der Waals surface area contributed by atoms with Crippen molar-refractivity contribution in [1.29, 1.82) is 0 Å². The molecule has 0 bridgehead atoms. The van der Waals surface area contributed by atoms with Gasteiger partial charge >= 0.3 is 0 Å². The predicted molar refractivity (Wildman–Crippen MR) is 72.9 cm³/mol. The highest BCUT2D eigenvalue weighted by atomic mass is 32.2. The lowest BCUT2D eigenvalue weighted by Crippen LogP contribution is -2.62. The topological polar surface area (TPSA) is 29.3 Å². The van der Waals surface area contributed by atoms with Crippen molar-refractivity contribution in [2.75, 3.05) is 25.4 Å². The van der Waals surface area contributed by atoms with E-state index in [1.54, 1.807) is 0 Å². The Morgan fingerprint density at radius 1 is 1.31 bits per heavy atom. The number of hydrogen-bond acceptors (Lipinski definition) is 3. The minimum Gasteiger partial charge on any atom is -0.329 e. The Hall–Kier alpha value is 0.270. The summed E-state index contributed by atoms with van der Waals surface area (Å²) < 4.78 is 0. The molecule has 2 aliphatic heterocycles. The second-order valence-corrected chi connectivity index (χ2v) is 7.04. The van der Waals surface area contributed by atoms with Gasteiger partial charge in [0.15, 0.2) is 0 Å². The van der Waals surface area contributed by atoms with Gasteiger partial charge in [-0.1, -0.05) is 13.8 Å². The van der Waals surface area contributed by atoms with Crippen LogP contribution >= 0.6 is 11.8 Å². The Morgan fingerprint density at radius 2 is 2.00 bits per heavy atom. The molecule has 16 heavy (non-hydrogen) atoms. The second kappa shape index (κ2) is 5.28. The van der Waals surface area contributed by atoms with Gasteiger partial charge in [-0.3, -0.25) is 4.90 Å². The molecular formula is C13H26N2S. The van der Waals surface area contributed by atoms with E-state index < -0.39 is 0 Å². The van der Waals surface area contributed by atoms with E-state index in [9.17, 15) is 0 Å². The van der Waals surface area contributed by atoms with Gasteiger partial charge in [-0.05, 0) is 50.4 Å². The zero-order chi connectivity index (χ0) is 11.6. The molecule has 2 atom stereocenters. The molecule has 2 saturated heterocycles. The molecule has 0 aromatic heterocycles. The number of rotatable bonds is 2. The van der Waals surface area contributed by atoms with Gasteiger partial charge in [0.1, 0.15) is 0 Å². The molecule has 0 aromatic carbocycles. The summed E-state index contributed by atoms with van der Waals surface area (Å²) in [7, 11) is 0. The Morgan fingerprint density at radius 3 is 2.56 bits per heavy atom. The first kappa shape index (κ1) is 12.7. The molecule has 0 aromatic rings. The van der Waals surface area contributed by atoms with Crippen molar-refractivity contribution in [2.45, 2.75) is 50.3 Å². The maximum Gasteiger partial charge on any atom is 0.0447 e. The van der Waals surface area contributed by atoms with E-state index >= 15 is 0 Å². The van der Waals surface area contributed by atoms with Crippen molar-refractivity contribution in [1.82, 2.24) is 4.90 Å². The van der Waals surface area contributed by atoms with Crippen LogP contribution in [-0.4, -0.2) is 41.1 Å². The average Bonchev–Trinajstić information content (AvgIpc) is 2.31. The number of nitrogens with two attached hydrogens (primary N) is 1. The highest BCUT2D eigenvalue weighted by Gasteiger charge is 2.43. The Labute approximate surface area is 104 Å². The van der Waals surface area contributed by atoms with Gasteiger partial charge < -0.3 is 5.73 Å². The van der Waals surface area contributed by atoms with Crippen LogP contribution in [0.5, 0.6) is 0 Å². The van der Waals surface area contributed by atoms with Gasteiger partial charge in [0.05, 0.1) is 0 Å². The van der Waals surface area contributed by atoms with Crippen LogP contribution in [-0.2, 0) is 0 Å². The van der Waals surface area contributed by atoms with Crippen LogP contribution < -0.4 is 5.73 Å². The van der Waals surface area contributed by atoms with Gasteiger partial charge in [0.25, 0.3) is 0 Å². The normalized spacial score (nSPS) is 38.8. The fourth-order valence-corrected chi connectivity index (χ4v) is 4.60. The van der Waals surface area contributed by atoms with Crippen molar-refractivity contribution in [3.63, 3.8) is 0 Å². The molecule has 2 rings (SSSR count). The van der Waals surface area contributed by atoms with Gasteiger partial charge in [-0.2, -0.15) is 11.8 Å². The molecule has 0 aliphatic carbocycles. The Balaban J connectivity index is 2.07. The molecule has 2 heterocycles. The van der Waals surface area contributed by atoms with E-state index in [-0.39, 0.29) is 0 Å². The molecule has 0 radical (unpaired) electrons. The smallest absolute Gasteiger partial charge is 0.0447 e. The SMILES string of the molecule is CC1CCN(C2(CN)CCCSC2C)CC1. The molecule has 2 N–H and O–H groups in total. The number of likely N-dealkylation sites (tertiary alicyclic amines) is 1. The quantitative estimate of drug-likeness (QED) is 0.806. The van der Waals surface area contributed by atoms with E-state index in [2.05, 4.69) is 30.5 Å². The van der Waals surface area contributed by atoms with Gasteiger partial charge in [-0.25, -0.2) is 0 Å². The third kappa shape index (κ3) is 2.27. The molecule has 0 saturated carbocycles. The van der Waals surface area contributed by atoms with Crippen molar-refractivity contribution in [3.8, 4) is 0 Å². The van der Waals surface area contributed by atoms with E-state index in [1.165, 1.54) is 44.5 Å². The monoisotopic (exact) mass is 242 g/mol. The van der Waals surface area contributed by atoms with Crippen molar-refractivity contribution in [3.05, 3.63) is 0 Å². The third-order valence-corrected chi connectivity index (χ3v) is 6.11. The molecule has 94 valence electrons. The second-order valence-electron chi connectivity index (χ2n) is 5.59. The maximum absolute atomic E-state index is 6.14. The number of thioether (sulfide) groups is 1. The maximum atomic E-state index is 6.14. The van der Waals surface area contributed by atoms with Crippen LogP contribution in [0.1, 0.15) is 39.5 Å². The Bertz CT molecular complexity index is 226. The lowest BCUT2D eigenvalue weighted by molar-refractivity contribution is 0.0488. The van der Waals surface area contributed by atoms with Crippen LogP contribution in [0.15, 0.2) is 0 Å². The zero-order valence-corrected chi connectivity index (χ0v) is 11.6. The summed E-state index contributed by atoms with van der Waals surface area (Å²) in [5.41, 5.74) is 6.45. The summed E-state index contributed by atoms with van der Waals surface area (Å²) in [5, 5.41) is 0.708. The highest BCUT2D eigenvalue weighted by Crippen LogP contribution is 2.39. The van der Waals surface area contributed by atoms with E-state index in [0.29, 0.717) is 10.8 Å². The van der Waals surface area contributed by atoms with Crippen LogP contribution in [0.2, 0.25) is 0 Å². The summed E-state index contributed by atoms with van der Waals surface area (Å²) in [6.45, 7) is 8.14. The van der Waals surface area contributed by atoms with Crippen molar-refractivity contribution < 1.29 is 0 Å². The summed E-state index contributed by atoms with van der Waals surface area (Å²) in [6.07, 6.45) is 5.38. The summed E-state index contributed by atoms with van der Waals surface area (Å²) in [4.78, 5) is 2.71. The lowest BCUT2D eigenvalue weighted by atomic mass is 9.84. The first-order valence-electron chi connectivity index (χ1n) is 6.76. The summed E-state index contributed by atoms with van der Waals surface area (Å²) >= 11 is 2.12. The number of hydrogen-bond donors (Lipinski definition) is 1. The number of nitrogens with zero attached hydrogens (tertiary/aromatic N) is 1. The van der Waals surface area contributed by atoms with Crippen LogP contribution in [0.4, 0.5) is 0 Å². The molecule has 3 heteroatoms. The average molecular weight is 242 g/mol. The van der Waals surface area contributed by atoms with Crippen LogP contribution in [0.25, 0.3) is 0 Å². The summed E-state index contributed by atoms with van der Waals surface area (Å²) in [6, 6.07) is 0. The van der Waals surface area contributed by atoms with Crippen molar-refractivity contribution >= 4 is 11.8 Å². The molecule has 2 fully saturated rings. The van der Waals surface area contributed by atoms with Gasteiger partial charge in [0, 0.05) is 17.3 Å². The first-order chi connectivity index (χ1) is 7.69. The minimum atomic E-state index is 0.309. The lowest BCUT2D eigenvalue weighted by Gasteiger charge is -2.51. The molecule has 2 unspecified atom stereocenters. The Kier molecular flexibility index (Phi) is 4.20. The first-order valence-corrected chi connectivity index (χ1v) is 7.80. The highest BCUT2D eigenvalue weighted by molar-refractivity contribution is 8.00. The molecule has 2 aliphatic rings.